The number of aromatic nitrogens is 3. The zero-order valence-corrected chi connectivity index (χ0v) is 30.3. The lowest BCUT2D eigenvalue weighted by atomic mass is 9.99. The molecular formula is C51H28N6. The summed E-state index contributed by atoms with van der Waals surface area (Å²) in [4.78, 5) is 0. The van der Waals surface area contributed by atoms with E-state index in [0.29, 0.717) is 16.7 Å². The van der Waals surface area contributed by atoms with Crippen molar-refractivity contribution in [3.8, 4) is 46.4 Å². The molecule has 8 aromatic carbocycles. The van der Waals surface area contributed by atoms with Gasteiger partial charge in [-0.1, -0.05) is 84.9 Å². The summed E-state index contributed by atoms with van der Waals surface area (Å²) in [6, 6.07) is 64.7. The van der Waals surface area contributed by atoms with Crippen molar-refractivity contribution in [3.63, 3.8) is 0 Å². The molecule has 0 fully saturated rings. The standard InChI is InChI=1S/C51H28N6/c52-29-32-20-24-47-43(25-32)51-48(17-8-18-49(51)57-46-16-6-3-13-41(46)42-22-19-33(30-53)26-50(42)57)56(47)36-10-7-9-34(27-36)38-23-21-37(28-35(38)31-54)55-44-14-4-1-11-39(44)40-12-2-5-15-45(40)55/h1-28H. The van der Waals surface area contributed by atoms with Crippen LogP contribution in [-0.2, 0) is 0 Å². The Balaban J connectivity index is 1.13. The molecule has 6 heteroatoms. The van der Waals surface area contributed by atoms with Gasteiger partial charge in [0.2, 0.25) is 0 Å². The van der Waals surface area contributed by atoms with Gasteiger partial charge in [0.1, 0.15) is 0 Å². The van der Waals surface area contributed by atoms with Gasteiger partial charge in [-0.25, -0.2) is 0 Å². The third kappa shape index (κ3) is 4.68. The van der Waals surface area contributed by atoms with E-state index in [4.69, 9.17) is 0 Å². The molecule has 0 radical (unpaired) electrons. The van der Waals surface area contributed by atoms with E-state index in [1.165, 1.54) is 10.8 Å². The molecule has 0 saturated carbocycles. The van der Waals surface area contributed by atoms with Crippen molar-refractivity contribution in [1.29, 1.82) is 15.8 Å². The van der Waals surface area contributed by atoms with Gasteiger partial charge in [0.25, 0.3) is 0 Å². The first-order chi connectivity index (χ1) is 28.1. The van der Waals surface area contributed by atoms with E-state index < -0.39 is 0 Å². The van der Waals surface area contributed by atoms with E-state index in [1.807, 2.05) is 60.7 Å². The molecule has 0 aliphatic carbocycles. The predicted molar refractivity (Wildman–Crippen MR) is 229 cm³/mol. The van der Waals surface area contributed by atoms with Crippen molar-refractivity contribution in [1.82, 2.24) is 13.7 Å². The van der Waals surface area contributed by atoms with Crippen molar-refractivity contribution in [2.75, 3.05) is 0 Å². The van der Waals surface area contributed by atoms with Crippen molar-refractivity contribution in [3.05, 3.63) is 187 Å². The molecule has 3 aromatic heterocycles. The molecule has 0 amide bonds. The normalized spacial score (nSPS) is 11.5. The molecule has 0 saturated heterocycles. The third-order valence-electron chi connectivity index (χ3n) is 11.3. The third-order valence-corrected chi connectivity index (χ3v) is 11.3. The van der Waals surface area contributed by atoms with E-state index in [2.05, 4.69) is 141 Å². The zero-order valence-electron chi connectivity index (χ0n) is 30.3. The predicted octanol–water partition coefficient (Wildman–Crippen LogP) is 12.3. The molecule has 0 aliphatic rings. The van der Waals surface area contributed by atoms with Crippen LogP contribution in [0, 0.1) is 34.0 Å². The molecule has 0 bridgehead atoms. The van der Waals surface area contributed by atoms with Crippen LogP contribution in [0.2, 0.25) is 0 Å². The molecule has 0 unspecified atom stereocenters. The number of fused-ring (bicyclic) bond motifs is 9. The van der Waals surface area contributed by atoms with Crippen LogP contribution in [0.25, 0.3) is 93.6 Å². The van der Waals surface area contributed by atoms with Crippen LogP contribution in [0.3, 0.4) is 0 Å². The van der Waals surface area contributed by atoms with Crippen LogP contribution in [0.5, 0.6) is 0 Å². The minimum Gasteiger partial charge on any atom is -0.309 e. The molecule has 11 rings (SSSR count). The maximum atomic E-state index is 10.6. The topological polar surface area (TPSA) is 86.2 Å². The molecule has 0 spiro atoms. The quantitative estimate of drug-likeness (QED) is 0.181. The summed E-state index contributed by atoms with van der Waals surface area (Å²) in [6.45, 7) is 0. The summed E-state index contributed by atoms with van der Waals surface area (Å²) < 4.78 is 6.71. The average Bonchev–Trinajstić information content (AvgIpc) is 3.91. The fourth-order valence-electron chi connectivity index (χ4n) is 8.91. The van der Waals surface area contributed by atoms with Crippen LogP contribution < -0.4 is 0 Å². The van der Waals surface area contributed by atoms with E-state index in [9.17, 15) is 15.8 Å². The van der Waals surface area contributed by atoms with E-state index in [1.54, 1.807) is 0 Å². The number of hydrogen-bond donors (Lipinski definition) is 0. The first-order valence-electron chi connectivity index (χ1n) is 18.7. The molecule has 3 heterocycles. The number of hydrogen-bond acceptors (Lipinski definition) is 3. The Kier molecular flexibility index (Phi) is 6.95. The maximum absolute atomic E-state index is 10.6. The van der Waals surface area contributed by atoms with Crippen LogP contribution in [0.15, 0.2) is 170 Å². The smallest absolute Gasteiger partial charge is 0.0998 e. The number of nitrogens with zero attached hydrogens (tertiary/aromatic N) is 6. The van der Waals surface area contributed by atoms with Gasteiger partial charge in [0.15, 0.2) is 0 Å². The van der Waals surface area contributed by atoms with Crippen molar-refractivity contribution < 1.29 is 0 Å². The number of nitriles is 3. The lowest BCUT2D eigenvalue weighted by Crippen LogP contribution is -1.98. The second-order valence-corrected chi connectivity index (χ2v) is 14.3. The van der Waals surface area contributed by atoms with Crippen LogP contribution in [0.1, 0.15) is 16.7 Å². The lowest BCUT2D eigenvalue weighted by Gasteiger charge is -2.14. The fourth-order valence-corrected chi connectivity index (χ4v) is 8.91. The van der Waals surface area contributed by atoms with Crippen molar-refractivity contribution >= 4 is 65.4 Å². The molecule has 57 heavy (non-hydrogen) atoms. The second kappa shape index (κ2) is 12.3. The van der Waals surface area contributed by atoms with Gasteiger partial charge in [0.05, 0.1) is 73.7 Å². The number of benzene rings is 8. The first kappa shape index (κ1) is 32.1. The van der Waals surface area contributed by atoms with Gasteiger partial charge in [-0.15, -0.1) is 0 Å². The van der Waals surface area contributed by atoms with Gasteiger partial charge >= 0.3 is 0 Å². The van der Waals surface area contributed by atoms with Gasteiger partial charge in [-0.2, -0.15) is 15.8 Å². The van der Waals surface area contributed by atoms with Gasteiger partial charge in [-0.05, 0) is 96.1 Å². The highest BCUT2D eigenvalue weighted by Crippen LogP contribution is 2.41. The average molecular weight is 725 g/mol. The zero-order chi connectivity index (χ0) is 38.2. The van der Waals surface area contributed by atoms with Crippen molar-refractivity contribution in [2.45, 2.75) is 0 Å². The summed E-state index contributed by atoms with van der Waals surface area (Å²) in [5, 5.41) is 37.0. The van der Waals surface area contributed by atoms with Crippen LogP contribution >= 0.6 is 0 Å². The van der Waals surface area contributed by atoms with Crippen LogP contribution in [0.4, 0.5) is 0 Å². The number of para-hydroxylation sites is 3. The Morgan fingerprint density at radius 1 is 0.351 bits per heavy atom. The van der Waals surface area contributed by atoms with Crippen molar-refractivity contribution in [2.24, 2.45) is 0 Å². The second-order valence-electron chi connectivity index (χ2n) is 14.3. The first-order valence-corrected chi connectivity index (χ1v) is 18.7. The largest absolute Gasteiger partial charge is 0.309 e. The minimum absolute atomic E-state index is 0.570. The summed E-state index contributed by atoms with van der Waals surface area (Å²) in [6.07, 6.45) is 0. The highest BCUT2D eigenvalue weighted by molar-refractivity contribution is 6.17. The summed E-state index contributed by atoms with van der Waals surface area (Å²) >= 11 is 0. The summed E-state index contributed by atoms with van der Waals surface area (Å²) in [5.74, 6) is 0. The Bertz CT molecular complexity index is 3580. The van der Waals surface area contributed by atoms with E-state index in [0.717, 1.165) is 82.8 Å². The molecule has 0 aliphatic heterocycles. The monoisotopic (exact) mass is 724 g/mol. The molecule has 0 atom stereocenters. The molecule has 11 aromatic rings. The van der Waals surface area contributed by atoms with Gasteiger partial charge in [-0.3, -0.25) is 0 Å². The van der Waals surface area contributed by atoms with Gasteiger partial charge < -0.3 is 13.7 Å². The highest BCUT2D eigenvalue weighted by atomic mass is 15.0. The SMILES string of the molecule is N#Cc1ccc2c(c1)c1c(-n3c4ccccc4c4ccc(C#N)cc43)cccc1n2-c1cccc(-c2ccc(-n3c4ccccc4c4ccccc43)cc2C#N)c1. The lowest BCUT2D eigenvalue weighted by molar-refractivity contribution is 1.17. The van der Waals surface area contributed by atoms with Gasteiger partial charge in [0, 0.05) is 43.7 Å². The molecule has 262 valence electrons. The Hall–Kier alpha value is -8.37. The fraction of sp³-hybridized carbons (Fsp3) is 0. The van der Waals surface area contributed by atoms with E-state index >= 15 is 0 Å². The van der Waals surface area contributed by atoms with Crippen LogP contribution in [-0.4, -0.2) is 13.7 Å². The molecule has 0 N–H and O–H groups in total. The Labute approximate surface area is 326 Å². The van der Waals surface area contributed by atoms with E-state index in [-0.39, 0.29) is 0 Å². The maximum Gasteiger partial charge on any atom is 0.0998 e. The minimum atomic E-state index is 0.570. The highest BCUT2D eigenvalue weighted by Gasteiger charge is 2.21. The summed E-state index contributed by atoms with van der Waals surface area (Å²) in [5.41, 5.74) is 12.4. The Morgan fingerprint density at radius 3 is 1.61 bits per heavy atom. The summed E-state index contributed by atoms with van der Waals surface area (Å²) in [7, 11) is 0. The number of rotatable bonds is 4. The molecular weight excluding hydrogens is 697 g/mol. The Morgan fingerprint density at radius 2 is 0.912 bits per heavy atom. The molecule has 6 nitrogen and oxygen atoms in total.